The molecule has 31 heavy (non-hydrogen) atoms. The summed E-state index contributed by atoms with van der Waals surface area (Å²) in [6, 6.07) is 21.7. The van der Waals surface area contributed by atoms with Gasteiger partial charge in [-0.2, -0.15) is 0 Å². The van der Waals surface area contributed by atoms with Crippen LogP contribution in [0.1, 0.15) is 24.0 Å². The van der Waals surface area contributed by atoms with Gasteiger partial charge in [0.1, 0.15) is 0 Å². The second-order valence-electron chi connectivity index (χ2n) is 7.92. The molecule has 0 amide bonds. The van der Waals surface area contributed by atoms with Crippen molar-refractivity contribution >= 4 is 40.8 Å². The van der Waals surface area contributed by atoms with E-state index in [-0.39, 0.29) is 24.0 Å². The van der Waals surface area contributed by atoms with Gasteiger partial charge >= 0.3 is 0 Å². The van der Waals surface area contributed by atoms with Gasteiger partial charge in [0.2, 0.25) is 0 Å². The van der Waals surface area contributed by atoms with Crippen molar-refractivity contribution in [1.29, 1.82) is 0 Å². The third kappa shape index (κ3) is 6.64. The topological polar surface area (TPSA) is 52.6 Å². The van der Waals surface area contributed by atoms with E-state index in [9.17, 15) is 0 Å². The molecule has 0 aliphatic carbocycles. The lowest BCUT2D eigenvalue weighted by Crippen LogP contribution is -2.48. The van der Waals surface area contributed by atoms with Gasteiger partial charge in [-0.15, -0.1) is 24.0 Å². The highest BCUT2D eigenvalue weighted by Crippen LogP contribution is 2.16. The normalized spacial score (nSPS) is 15.5. The Morgan fingerprint density at radius 2 is 1.81 bits per heavy atom. The predicted octanol–water partition coefficient (Wildman–Crippen LogP) is 4.22. The molecule has 0 bridgehead atoms. The van der Waals surface area contributed by atoms with Crippen LogP contribution in [0.25, 0.3) is 10.9 Å². The van der Waals surface area contributed by atoms with Crippen LogP contribution >= 0.6 is 24.0 Å². The Morgan fingerprint density at radius 3 is 2.58 bits per heavy atom. The van der Waals surface area contributed by atoms with Gasteiger partial charge in [-0.1, -0.05) is 54.6 Å². The first-order valence-electron chi connectivity index (χ1n) is 10.9. The van der Waals surface area contributed by atoms with Crippen LogP contribution < -0.4 is 10.6 Å². The molecule has 2 aromatic carbocycles. The maximum atomic E-state index is 4.55. The lowest BCUT2D eigenvalue weighted by atomic mass is 10.0. The highest BCUT2D eigenvalue weighted by Gasteiger charge is 2.20. The summed E-state index contributed by atoms with van der Waals surface area (Å²) in [6.45, 7) is 4.11. The van der Waals surface area contributed by atoms with Gasteiger partial charge in [0.05, 0.1) is 5.52 Å². The summed E-state index contributed by atoms with van der Waals surface area (Å²) < 4.78 is 0. The number of pyridine rings is 1. The minimum absolute atomic E-state index is 0. The summed E-state index contributed by atoms with van der Waals surface area (Å²) in [6.07, 6.45) is 5.07. The number of likely N-dealkylation sites (tertiary alicyclic amines) is 1. The Balaban J connectivity index is 0.00000272. The molecule has 6 heteroatoms. The highest BCUT2D eigenvalue weighted by molar-refractivity contribution is 14.0. The van der Waals surface area contributed by atoms with E-state index in [0.29, 0.717) is 6.04 Å². The number of guanidine groups is 1. The molecule has 1 aromatic heterocycles. The molecular formula is C25H32IN5. The molecule has 1 fully saturated rings. The number of aromatic nitrogens is 1. The molecule has 5 nitrogen and oxygen atoms in total. The van der Waals surface area contributed by atoms with Gasteiger partial charge in [0.15, 0.2) is 5.96 Å². The lowest BCUT2D eigenvalue weighted by molar-refractivity contribution is 0.198. The average Bonchev–Trinajstić information content (AvgIpc) is 2.80. The molecule has 1 aliphatic heterocycles. The molecule has 1 saturated heterocycles. The third-order valence-electron chi connectivity index (χ3n) is 5.80. The van der Waals surface area contributed by atoms with E-state index in [2.05, 4.69) is 80.1 Å². The Labute approximate surface area is 202 Å². The van der Waals surface area contributed by atoms with Crippen molar-refractivity contribution in [3.05, 3.63) is 78.0 Å². The molecule has 0 saturated carbocycles. The molecule has 0 radical (unpaired) electrons. The van der Waals surface area contributed by atoms with Crippen LogP contribution in [0, 0.1) is 0 Å². The molecule has 0 spiro atoms. The fourth-order valence-electron chi connectivity index (χ4n) is 4.15. The minimum Gasteiger partial charge on any atom is -0.356 e. The van der Waals surface area contributed by atoms with Crippen molar-refractivity contribution in [2.45, 2.75) is 31.8 Å². The minimum atomic E-state index is 0. The molecule has 4 rings (SSSR count). The van der Waals surface area contributed by atoms with Crippen molar-refractivity contribution in [2.75, 3.05) is 26.7 Å². The van der Waals surface area contributed by atoms with Crippen LogP contribution in [-0.2, 0) is 13.0 Å². The largest absolute Gasteiger partial charge is 0.356 e. The van der Waals surface area contributed by atoms with Crippen molar-refractivity contribution < 1.29 is 0 Å². The van der Waals surface area contributed by atoms with E-state index in [1.54, 1.807) is 0 Å². The zero-order chi connectivity index (χ0) is 20.6. The zero-order valence-corrected chi connectivity index (χ0v) is 20.5. The first-order valence-corrected chi connectivity index (χ1v) is 10.9. The molecule has 1 aliphatic rings. The number of piperidine rings is 1. The summed E-state index contributed by atoms with van der Waals surface area (Å²) >= 11 is 0. The molecule has 164 valence electrons. The summed E-state index contributed by atoms with van der Waals surface area (Å²) in [5.74, 6) is 0.893. The van der Waals surface area contributed by atoms with Crippen molar-refractivity contribution in [1.82, 2.24) is 20.5 Å². The Hall–Kier alpha value is -2.19. The molecular weight excluding hydrogens is 497 g/mol. The van der Waals surface area contributed by atoms with Gasteiger partial charge in [0.25, 0.3) is 0 Å². The molecule has 2 N–H and O–H groups in total. The number of hydrogen-bond acceptors (Lipinski definition) is 3. The third-order valence-corrected chi connectivity index (χ3v) is 5.80. The number of rotatable bonds is 6. The monoisotopic (exact) mass is 529 g/mol. The van der Waals surface area contributed by atoms with Gasteiger partial charge in [-0.3, -0.25) is 14.9 Å². The van der Waals surface area contributed by atoms with Crippen LogP contribution in [0.2, 0.25) is 0 Å². The number of aliphatic imine (C=N–C) groups is 1. The number of nitrogens with zero attached hydrogens (tertiary/aromatic N) is 3. The van der Waals surface area contributed by atoms with Crippen LogP contribution in [0.3, 0.4) is 0 Å². The molecule has 2 heterocycles. The SMILES string of the molecule is CN=C(NCCc1cccc2cccnc12)NC1CCN(Cc2ccccc2)CC1.I. The van der Waals surface area contributed by atoms with Gasteiger partial charge in [0, 0.05) is 50.9 Å². The summed E-state index contributed by atoms with van der Waals surface area (Å²) in [7, 11) is 1.85. The van der Waals surface area contributed by atoms with Crippen LogP contribution in [0.4, 0.5) is 0 Å². The summed E-state index contributed by atoms with van der Waals surface area (Å²) in [5, 5.41) is 8.28. The first kappa shape index (κ1) is 23.5. The average molecular weight is 529 g/mol. The van der Waals surface area contributed by atoms with Crippen LogP contribution in [-0.4, -0.2) is 48.6 Å². The number of para-hydroxylation sites is 1. The van der Waals surface area contributed by atoms with E-state index in [4.69, 9.17) is 0 Å². The zero-order valence-electron chi connectivity index (χ0n) is 18.1. The Morgan fingerprint density at radius 1 is 1.03 bits per heavy atom. The highest BCUT2D eigenvalue weighted by atomic mass is 127. The number of halogens is 1. The van der Waals surface area contributed by atoms with Crippen molar-refractivity contribution in [3.63, 3.8) is 0 Å². The van der Waals surface area contributed by atoms with Crippen molar-refractivity contribution in [3.8, 4) is 0 Å². The summed E-state index contributed by atoms with van der Waals surface area (Å²) in [5.41, 5.74) is 3.75. The predicted molar refractivity (Wildman–Crippen MR) is 140 cm³/mol. The van der Waals surface area contributed by atoms with Crippen LogP contribution in [0.5, 0.6) is 0 Å². The quantitative estimate of drug-likeness (QED) is 0.285. The molecule has 3 aromatic rings. The number of nitrogens with one attached hydrogen (secondary N) is 2. The smallest absolute Gasteiger partial charge is 0.191 e. The van der Waals surface area contributed by atoms with E-state index in [1.165, 1.54) is 16.5 Å². The fraction of sp³-hybridized carbons (Fsp3) is 0.360. The molecule has 0 atom stereocenters. The number of benzene rings is 2. The van der Waals surface area contributed by atoms with Gasteiger partial charge in [-0.05, 0) is 36.5 Å². The maximum absolute atomic E-state index is 4.55. The number of fused-ring (bicyclic) bond motifs is 1. The standard InChI is InChI=1S/C25H31N5.HI/c1-26-25(28-16-12-22-10-5-9-21-11-6-15-27-24(21)22)29-23-13-17-30(18-14-23)19-20-7-3-2-4-8-20;/h2-11,15,23H,12-14,16-19H2,1H3,(H2,26,28,29);1H. The second kappa shape index (κ2) is 12.0. The Kier molecular flexibility index (Phi) is 9.09. The fourth-order valence-corrected chi connectivity index (χ4v) is 4.15. The second-order valence-corrected chi connectivity index (χ2v) is 7.92. The van der Waals surface area contributed by atoms with Gasteiger partial charge < -0.3 is 10.6 Å². The van der Waals surface area contributed by atoms with E-state index < -0.39 is 0 Å². The van der Waals surface area contributed by atoms with Gasteiger partial charge in [-0.25, -0.2) is 0 Å². The molecule has 0 unspecified atom stereocenters. The Bertz CT molecular complexity index is 963. The van der Waals surface area contributed by atoms with E-state index in [1.807, 2.05) is 19.3 Å². The van der Waals surface area contributed by atoms with Crippen molar-refractivity contribution in [2.24, 2.45) is 4.99 Å². The first-order chi connectivity index (χ1) is 14.8. The van der Waals surface area contributed by atoms with Crippen LogP contribution in [0.15, 0.2) is 71.9 Å². The number of hydrogen-bond donors (Lipinski definition) is 2. The van der Waals surface area contributed by atoms with E-state index >= 15 is 0 Å². The van der Waals surface area contributed by atoms with E-state index in [0.717, 1.165) is 56.9 Å². The summed E-state index contributed by atoms with van der Waals surface area (Å²) in [4.78, 5) is 11.5. The lowest BCUT2D eigenvalue weighted by Gasteiger charge is -2.33. The maximum Gasteiger partial charge on any atom is 0.191 e.